The average Bonchev–Trinajstić information content (AvgIpc) is 2.91. The van der Waals surface area contributed by atoms with Crippen LogP contribution in [0.3, 0.4) is 0 Å². The minimum absolute atomic E-state index is 0.138. The van der Waals surface area contributed by atoms with Gasteiger partial charge < -0.3 is 5.32 Å². The summed E-state index contributed by atoms with van der Waals surface area (Å²) in [5.41, 5.74) is 2.02. The zero-order valence-corrected chi connectivity index (χ0v) is 12.5. The lowest BCUT2D eigenvalue weighted by atomic mass is 10.1. The fourth-order valence-corrected chi connectivity index (χ4v) is 2.09. The van der Waals surface area contributed by atoms with Crippen LogP contribution in [0.15, 0.2) is 30.6 Å². The number of nitrogens with zero attached hydrogens (tertiary/aromatic N) is 3. The van der Waals surface area contributed by atoms with Gasteiger partial charge in [-0.25, -0.2) is 4.39 Å². The van der Waals surface area contributed by atoms with Crippen molar-refractivity contribution in [1.29, 1.82) is 5.26 Å². The van der Waals surface area contributed by atoms with Crippen molar-refractivity contribution in [2.75, 3.05) is 0 Å². The quantitative estimate of drug-likeness (QED) is 0.919. The maximum Gasteiger partial charge on any atom is 0.129 e. The van der Waals surface area contributed by atoms with Crippen LogP contribution in [0.4, 0.5) is 4.39 Å². The van der Waals surface area contributed by atoms with Gasteiger partial charge in [0.1, 0.15) is 5.82 Å². The highest BCUT2D eigenvalue weighted by Crippen LogP contribution is 2.13. The van der Waals surface area contributed by atoms with E-state index in [1.165, 1.54) is 6.07 Å². The molecule has 110 valence electrons. The second kappa shape index (κ2) is 6.51. The SMILES string of the molecule is Cc1cnn([C@H](C)[C@H](C)NCc2ccc(C#N)cc2F)c1. The Hall–Kier alpha value is -2.19. The van der Waals surface area contributed by atoms with Gasteiger partial charge in [-0.1, -0.05) is 6.07 Å². The maximum atomic E-state index is 13.8. The summed E-state index contributed by atoms with van der Waals surface area (Å²) in [7, 11) is 0. The molecule has 2 atom stereocenters. The molecule has 21 heavy (non-hydrogen) atoms. The average molecular weight is 286 g/mol. The minimum atomic E-state index is -0.351. The summed E-state index contributed by atoms with van der Waals surface area (Å²) in [5.74, 6) is -0.351. The van der Waals surface area contributed by atoms with Crippen LogP contribution in [-0.4, -0.2) is 15.8 Å². The number of aryl methyl sites for hydroxylation is 1. The molecule has 0 spiro atoms. The fraction of sp³-hybridized carbons (Fsp3) is 0.375. The summed E-state index contributed by atoms with van der Waals surface area (Å²) in [6, 6.07) is 6.78. The van der Waals surface area contributed by atoms with E-state index in [1.54, 1.807) is 12.1 Å². The first-order chi connectivity index (χ1) is 10.0. The highest BCUT2D eigenvalue weighted by molar-refractivity contribution is 5.32. The Bertz CT molecular complexity index is 657. The molecule has 4 nitrogen and oxygen atoms in total. The number of halogens is 1. The predicted molar refractivity (Wildman–Crippen MR) is 79.1 cm³/mol. The second-order valence-electron chi connectivity index (χ2n) is 5.33. The topological polar surface area (TPSA) is 53.6 Å². The Morgan fingerprint density at radius 3 is 2.76 bits per heavy atom. The summed E-state index contributed by atoms with van der Waals surface area (Å²) in [6.07, 6.45) is 3.81. The molecule has 1 N–H and O–H groups in total. The molecular formula is C16H19FN4. The van der Waals surface area contributed by atoms with E-state index in [2.05, 4.69) is 17.3 Å². The highest BCUT2D eigenvalue weighted by atomic mass is 19.1. The molecule has 1 heterocycles. The molecule has 0 saturated heterocycles. The Morgan fingerprint density at radius 1 is 1.43 bits per heavy atom. The summed E-state index contributed by atoms with van der Waals surface area (Å²) in [4.78, 5) is 0. The van der Waals surface area contributed by atoms with E-state index in [9.17, 15) is 4.39 Å². The molecule has 5 heteroatoms. The van der Waals surface area contributed by atoms with Gasteiger partial charge in [0.2, 0.25) is 0 Å². The molecule has 1 aromatic carbocycles. The number of aromatic nitrogens is 2. The van der Waals surface area contributed by atoms with Crippen molar-refractivity contribution < 1.29 is 4.39 Å². The van der Waals surface area contributed by atoms with Crippen LogP contribution in [-0.2, 0) is 6.54 Å². The van der Waals surface area contributed by atoms with Gasteiger partial charge in [-0.3, -0.25) is 4.68 Å². The number of rotatable bonds is 5. The van der Waals surface area contributed by atoms with Crippen molar-refractivity contribution in [2.45, 2.75) is 39.4 Å². The van der Waals surface area contributed by atoms with Gasteiger partial charge in [0.15, 0.2) is 0 Å². The Balaban J connectivity index is 1.98. The van der Waals surface area contributed by atoms with Crippen LogP contribution >= 0.6 is 0 Å². The molecule has 0 aliphatic carbocycles. The minimum Gasteiger partial charge on any atom is -0.308 e. The molecule has 0 bridgehead atoms. The largest absolute Gasteiger partial charge is 0.308 e. The van der Waals surface area contributed by atoms with E-state index in [4.69, 9.17) is 5.26 Å². The normalized spacial score (nSPS) is 13.7. The van der Waals surface area contributed by atoms with Crippen LogP contribution in [0.25, 0.3) is 0 Å². The molecule has 2 rings (SSSR count). The maximum absolute atomic E-state index is 13.8. The summed E-state index contributed by atoms with van der Waals surface area (Å²) < 4.78 is 15.7. The summed E-state index contributed by atoms with van der Waals surface area (Å²) in [5, 5.41) is 16.3. The van der Waals surface area contributed by atoms with Crippen LogP contribution < -0.4 is 5.32 Å². The number of hydrogen-bond acceptors (Lipinski definition) is 3. The first-order valence-corrected chi connectivity index (χ1v) is 6.94. The van der Waals surface area contributed by atoms with E-state index < -0.39 is 0 Å². The lowest BCUT2D eigenvalue weighted by Gasteiger charge is -2.22. The van der Waals surface area contributed by atoms with Crippen LogP contribution in [0, 0.1) is 24.1 Å². The Kier molecular flexibility index (Phi) is 4.71. The van der Waals surface area contributed by atoms with Crippen molar-refractivity contribution in [3.05, 3.63) is 53.1 Å². The van der Waals surface area contributed by atoms with Gasteiger partial charge in [0, 0.05) is 24.3 Å². The van der Waals surface area contributed by atoms with E-state index in [1.807, 2.05) is 37.0 Å². The molecule has 1 aromatic heterocycles. The monoisotopic (exact) mass is 286 g/mol. The molecule has 0 unspecified atom stereocenters. The number of nitrogens with one attached hydrogen (secondary N) is 1. The van der Waals surface area contributed by atoms with Crippen LogP contribution in [0.5, 0.6) is 0 Å². The van der Waals surface area contributed by atoms with Crippen LogP contribution in [0.2, 0.25) is 0 Å². The Labute approximate surface area is 124 Å². The standard InChI is InChI=1S/C16H19FN4/c1-11-8-20-21(10-11)13(3)12(2)19-9-15-5-4-14(7-18)6-16(15)17/h4-6,8,10,12-13,19H,9H2,1-3H3/t12-,13+/m0/s1. The van der Waals surface area contributed by atoms with E-state index >= 15 is 0 Å². The molecule has 0 amide bonds. The molecular weight excluding hydrogens is 267 g/mol. The molecule has 0 aliphatic rings. The lowest BCUT2D eigenvalue weighted by Crippen LogP contribution is -2.33. The van der Waals surface area contributed by atoms with Crippen molar-refractivity contribution in [1.82, 2.24) is 15.1 Å². The zero-order valence-electron chi connectivity index (χ0n) is 12.5. The van der Waals surface area contributed by atoms with E-state index in [-0.39, 0.29) is 17.9 Å². The van der Waals surface area contributed by atoms with Crippen molar-refractivity contribution in [3.8, 4) is 6.07 Å². The van der Waals surface area contributed by atoms with Crippen molar-refractivity contribution >= 4 is 0 Å². The van der Waals surface area contributed by atoms with Gasteiger partial charge in [-0.05, 0) is 38.5 Å². The van der Waals surface area contributed by atoms with Gasteiger partial charge in [-0.2, -0.15) is 10.4 Å². The Morgan fingerprint density at radius 2 is 2.19 bits per heavy atom. The number of benzene rings is 1. The molecule has 0 radical (unpaired) electrons. The van der Waals surface area contributed by atoms with Gasteiger partial charge in [0.05, 0.1) is 23.9 Å². The van der Waals surface area contributed by atoms with Crippen molar-refractivity contribution in [3.63, 3.8) is 0 Å². The van der Waals surface area contributed by atoms with Gasteiger partial charge >= 0.3 is 0 Å². The van der Waals surface area contributed by atoms with Crippen molar-refractivity contribution in [2.24, 2.45) is 0 Å². The van der Waals surface area contributed by atoms with E-state index in [0.717, 1.165) is 5.56 Å². The summed E-state index contributed by atoms with van der Waals surface area (Å²) in [6.45, 7) is 6.53. The summed E-state index contributed by atoms with van der Waals surface area (Å²) >= 11 is 0. The molecule has 0 fully saturated rings. The first kappa shape index (κ1) is 15.2. The zero-order chi connectivity index (χ0) is 15.4. The molecule has 2 aromatic rings. The predicted octanol–water partition coefficient (Wildman–Crippen LogP) is 2.94. The van der Waals surface area contributed by atoms with Crippen LogP contribution in [0.1, 0.15) is 36.6 Å². The first-order valence-electron chi connectivity index (χ1n) is 6.94. The van der Waals surface area contributed by atoms with Gasteiger partial charge in [0.25, 0.3) is 0 Å². The molecule has 0 aliphatic heterocycles. The van der Waals surface area contributed by atoms with Gasteiger partial charge in [-0.15, -0.1) is 0 Å². The number of hydrogen-bond donors (Lipinski definition) is 1. The fourth-order valence-electron chi connectivity index (χ4n) is 2.09. The lowest BCUT2D eigenvalue weighted by molar-refractivity contribution is 0.363. The molecule has 0 saturated carbocycles. The smallest absolute Gasteiger partial charge is 0.129 e. The number of nitriles is 1. The van der Waals surface area contributed by atoms with E-state index in [0.29, 0.717) is 17.7 Å². The second-order valence-corrected chi connectivity index (χ2v) is 5.33. The third-order valence-electron chi connectivity index (χ3n) is 3.67. The highest BCUT2D eigenvalue weighted by Gasteiger charge is 2.15. The third-order valence-corrected chi connectivity index (χ3v) is 3.67. The third kappa shape index (κ3) is 3.67.